The molecule has 140 valence electrons. The summed E-state index contributed by atoms with van der Waals surface area (Å²) in [5.41, 5.74) is 15.0. The smallest absolute Gasteiger partial charge is 0.220 e. The summed E-state index contributed by atoms with van der Waals surface area (Å²) in [6.07, 6.45) is 5.28. The van der Waals surface area contributed by atoms with E-state index >= 15 is 0 Å². The predicted octanol–water partition coefficient (Wildman–Crippen LogP) is 3.47. The van der Waals surface area contributed by atoms with Gasteiger partial charge in [-0.1, -0.05) is 30.7 Å². The second-order valence-corrected chi connectivity index (χ2v) is 7.10. The Hall–Kier alpha value is -3.02. The molecule has 27 heavy (non-hydrogen) atoms. The van der Waals surface area contributed by atoms with Crippen molar-refractivity contribution in [3.05, 3.63) is 48.5 Å². The van der Waals surface area contributed by atoms with E-state index in [4.69, 9.17) is 21.2 Å². The van der Waals surface area contributed by atoms with Crippen LogP contribution in [0.15, 0.2) is 58.5 Å². The molecule has 0 amide bonds. The Morgan fingerprint density at radius 2 is 1.67 bits per heavy atom. The van der Waals surface area contributed by atoms with Crippen molar-refractivity contribution in [2.45, 2.75) is 37.8 Å². The van der Waals surface area contributed by atoms with Crippen LogP contribution >= 0.6 is 0 Å². The van der Waals surface area contributed by atoms with Gasteiger partial charge in [0.05, 0.1) is 7.11 Å². The van der Waals surface area contributed by atoms with Crippen LogP contribution in [-0.4, -0.2) is 24.7 Å². The average Bonchev–Trinajstić information content (AvgIpc) is 2.68. The van der Waals surface area contributed by atoms with Crippen molar-refractivity contribution in [3.8, 4) is 16.9 Å². The maximum Gasteiger partial charge on any atom is 0.220 e. The fourth-order valence-electron chi connectivity index (χ4n) is 4.12. The third kappa shape index (κ3) is 3.23. The lowest BCUT2D eigenvalue weighted by molar-refractivity contribution is 0.305. The Balaban J connectivity index is 1.76. The number of aliphatic imine (C=N–C) groups is 2. The summed E-state index contributed by atoms with van der Waals surface area (Å²) in [5, 5.41) is 0. The third-order valence-electron chi connectivity index (χ3n) is 5.36. The van der Waals surface area contributed by atoms with Crippen LogP contribution in [0.5, 0.6) is 5.75 Å². The van der Waals surface area contributed by atoms with E-state index in [0.29, 0.717) is 5.96 Å². The molecule has 2 aliphatic rings. The number of methoxy groups -OCH3 is 1. The number of nitrogens with two attached hydrogens (primary N) is 2. The van der Waals surface area contributed by atoms with Crippen molar-refractivity contribution < 1.29 is 4.74 Å². The van der Waals surface area contributed by atoms with E-state index in [-0.39, 0.29) is 5.96 Å². The quantitative estimate of drug-likeness (QED) is 0.874. The van der Waals surface area contributed by atoms with Crippen LogP contribution < -0.4 is 21.1 Å². The zero-order chi connectivity index (χ0) is 18.9. The monoisotopic (exact) mass is 363 g/mol. The molecule has 0 saturated heterocycles. The van der Waals surface area contributed by atoms with Crippen molar-refractivity contribution in [2.75, 3.05) is 12.0 Å². The highest BCUT2D eigenvalue weighted by Gasteiger charge is 2.42. The molecule has 4 N–H and O–H groups in total. The molecule has 1 saturated carbocycles. The fourth-order valence-corrected chi connectivity index (χ4v) is 4.12. The van der Waals surface area contributed by atoms with Crippen LogP contribution in [0.25, 0.3) is 11.1 Å². The molecule has 2 aromatic carbocycles. The Morgan fingerprint density at radius 1 is 0.963 bits per heavy atom. The van der Waals surface area contributed by atoms with Gasteiger partial charge in [-0.05, 0) is 61.1 Å². The molecule has 4 rings (SSSR count). The van der Waals surface area contributed by atoms with Crippen molar-refractivity contribution in [3.63, 3.8) is 0 Å². The Morgan fingerprint density at radius 3 is 2.41 bits per heavy atom. The van der Waals surface area contributed by atoms with Gasteiger partial charge < -0.3 is 16.2 Å². The minimum absolute atomic E-state index is 0.273. The van der Waals surface area contributed by atoms with E-state index in [9.17, 15) is 0 Å². The lowest BCUT2D eigenvalue weighted by Gasteiger charge is -2.45. The SMILES string of the molecule is COc1cccc(-c2cccc(N3C(N)=NC(N)=NC34CCCCC4)c2)c1. The summed E-state index contributed by atoms with van der Waals surface area (Å²) >= 11 is 0. The van der Waals surface area contributed by atoms with E-state index < -0.39 is 5.66 Å². The molecule has 1 aliphatic carbocycles. The van der Waals surface area contributed by atoms with Gasteiger partial charge in [-0.2, -0.15) is 4.99 Å². The highest BCUT2D eigenvalue weighted by atomic mass is 16.5. The number of rotatable bonds is 3. The lowest BCUT2D eigenvalue weighted by Crippen LogP contribution is -2.58. The van der Waals surface area contributed by atoms with Crippen LogP contribution in [0.4, 0.5) is 5.69 Å². The highest BCUT2D eigenvalue weighted by Crippen LogP contribution is 2.40. The van der Waals surface area contributed by atoms with Crippen molar-refractivity contribution in [1.82, 2.24) is 0 Å². The van der Waals surface area contributed by atoms with Crippen LogP contribution in [0.3, 0.4) is 0 Å². The van der Waals surface area contributed by atoms with Crippen LogP contribution in [0.2, 0.25) is 0 Å². The van der Waals surface area contributed by atoms with Gasteiger partial charge in [0.2, 0.25) is 11.9 Å². The first-order valence-corrected chi connectivity index (χ1v) is 9.35. The number of anilines is 1. The molecule has 0 aromatic heterocycles. The van der Waals surface area contributed by atoms with Crippen LogP contribution in [0.1, 0.15) is 32.1 Å². The number of ether oxygens (including phenoxy) is 1. The zero-order valence-electron chi connectivity index (χ0n) is 15.6. The molecule has 1 spiro atoms. The summed E-state index contributed by atoms with van der Waals surface area (Å²) in [5.74, 6) is 1.51. The van der Waals surface area contributed by atoms with Crippen molar-refractivity contribution in [2.24, 2.45) is 21.5 Å². The van der Waals surface area contributed by atoms with Gasteiger partial charge in [-0.3, -0.25) is 4.90 Å². The molecule has 6 heteroatoms. The van der Waals surface area contributed by atoms with Gasteiger partial charge in [0.1, 0.15) is 11.4 Å². The minimum atomic E-state index is -0.429. The molecule has 1 heterocycles. The largest absolute Gasteiger partial charge is 0.497 e. The first kappa shape index (κ1) is 17.4. The molecular weight excluding hydrogens is 338 g/mol. The molecule has 2 aromatic rings. The topological polar surface area (TPSA) is 89.2 Å². The molecule has 0 radical (unpaired) electrons. The lowest BCUT2D eigenvalue weighted by atomic mass is 9.87. The van der Waals surface area contributed by atoms with E-state index in [2.05, 4.69) is 34.2 Å². The average molecular weight is 363 g/mol. The Labute approximate surface area is 159 Å². The van der Waals surface area contributed by atoms with Gasteiger partial charge in [-0.25, -0.2) is 4.99 Å². The maximum absolute atomic E-state index is 6.34. The van der Waals surface area contributed by atoms with Gasteiger partial charge in [0, 0.05) is 5.69 Å². The molecule has 6 nitrogen and oxygen atoms in total. The number of guanidine groups is 2. The molecule has 1 fully saturated rings. The van der Waals surface area contributed by atoms with Gasteiger partial charge in [-0.15, -0.1) is 0 Å². The second-order valence-electron chi connectivity index (χ2n) is 7.10. The Bertz CT molecular complexity index is 899. The first-order chi connectivity index (χ1) is 13.1. The number of benzene rings is 2. The zero-order valence-corrected chi connectivity index (χ0v) is 15.6. The van der Waals surface area contributed by atoms with Crippen LogP contribution in [-0.2, 0) is 0 Å². The summed E-state index contributed by atoms with van der Waals surface area (Å²) in [4.78, 5) is 11.1. The van der Waals surface area contributed by atoms with Gasteiger partial charge in [0.15, 0.2) is 0 Å². The summed E-state index contributed by atoms with van der Waals surface area (Å²) in [6.45, 7) is 0. The summed E-state index contributed by atoms with van der Waals surface area (Å²) < 4.78 is 5.36. The first-order valence-electron chi connectivity index (χ1n) is 9.35. The number of hydrogen-bond donors (Lipinski definition) is 2. The van der Waals surface area contributed by atoms with Crippen molar-refractivity contribution in [1.29, 1.82) is 0 Å². The molecular formula is C21H25N5O. The number of hydrogen-bond acceptors (Lipinski definition) is 6. The predicted molar refractivity (Wildman–Crippen MR) is 110 cm³/mol. The van der Waals surface area contributed by atoms with E-state index in [1.807, 2.05) is 24.3 Å². The highest BCUT2D eigenvalue weighted by molar-refractivity contribution is 6.05. The standard InChI is InChI=1S/C21H25N5O/c1-27-18-10-6-8-16(14-18)15-7-5-9-17(13-15)26-20(23)24-19(22)25-21(26)11-3-2-4-12-21/h5-10,13-14H,2-4,11-12H2,1H3,(H4,22,23,24,25). The third-order valence-corrected chi connectivity index (χ3v) is 5.36. The number of nitrogens with zero attached hydrogens (tertiary/aromatic N) is 3. The maximum atomic E-state index is 6.34. The molecule has 1 aliphatic heterocycles. The fraction of sp³-hybridized carbons (Fsp3) is 0.333. The van der Waals surface area contributed by atoms with E-state index in [1.54, 1.807) is 7.11 Å². The second kappa shape index (κ2) is 6.95. The molecule has 0 atom stereocenters. The molecule has 0 bridgehead atoms. The summed E-state index contributed by atoms with van der Waals surface area (Å²) in [7, 11) is 1.68. The van der Waals surface area contributed by atoms with Gasteiger partial charge in [0.25, 0.3) is 0 Å². The van der Waals surface area contributed by atoms with E-state index in [0.717, 1.165) is 48.2 Å². The Kier molecular flexibility index (Phi) is 4.48. The molecule has 0 unspecified atom stereocenters. The van der Waals surface area contributed by atoms with Crippen molar-refractivity contribution >= 4 is 17.6 Å². The van der Waals surface area contributed by atoms with Crippen LogP contribution in [0, 0.1) is 0 Å². The van der Waals surface area contributed by atoms with E-state index in [1.165, 1.54) is 6.42 Å². The van der Waals surface area contributed by atoms with Gasteiger partial charge >= 0.3 is 0 Å². The summed E-state index contributed by atoms with van der Waals surface area (Å²) in [6, 6.07) is 16.3. The normalized spacial score (nSPS) is 18.8. The minimum Gasteiger partial charge on any atom is -0.497 e.